The molecule has 1 amide bonds. The van der Waals surface area contributed by atoms with Gasteiger partial charge in [-0.15, -0.1) is 0 Å². The van der Waals surface area contributed by atoms with Crippen LogP contribution in [-0.2, 0) is 17.9 Å². The third-order valence-corrected chi connectivity index (χ3v) is 4.66. The molecule has 3 heteroatoms. The second kappa shape index (κ2) is 7.45. The summed E-state index contributed by atoms with van der Waals surface area (Å²) < 4.78 is 0. The van der Waals surface area contributed by atoms with E-state index in [4.69, 9.17) is 5.73 Å². The van der Waals surface area contributed by atoms with Crippen LogP contribution in [0.2, 0.25) is 0 Å². The van der Waals surface area contributed by atoms with Crippen LogP contribution >= 0.6 is 0 Å². The molecule has 1 aliphatic carbocycles. The fourth-order valence-electron chi connectivity index (χ4n) is 3.01. The minimum Gasteiger partial charge on any atom is -0.334 e. The number of nitrogens with two attached hydrogens (primary N) is 1. The van der Waals surface area contributed by atoms with Gasteiger partial charge in [-0.1, -0.05) is 66.2 Å². The second-order valence-electron chi connectivity index (χ2n) is 6.41. The summed E-state index contributed by atoms with van der Waals surface area (Å²) in [4.78, 5) is 14.7. The van der Waals surface area contributed by atoms with Crippen LogP contribution < -0.4 is 5.73 Å². The maximum absolute atomic E-state index is 12.8. The maximum Gasteiger partial charge on any atom is 0.223 e. The van der Waals surface area contributed by atoms with Crippen LogP contribution in [0, 0.1) is 0 Å². The van der Waals surface area contributed by atoms with E-state index in [0.717, 1.165) is 17.5 Å². The molecule has 24 heavy (non-hydrogen) atoms. The zero-order valence-corrected chi connectivity index (χ0v) is 14.1. The summed E-state index contributed by atoms with van der Waals surface area (Å²) >= 11 is 0. The molecule has 3 rings (SSSR count). The van der Waals surface area contributed by atoms with Crippen molar-refractivity contribution in [3.8, 4) is 0 Å². The van der Waals surface area contributed by atoms with E-state index in [0.29, 0.717) is 19.5 Å². The standard InChI is InChI=1S/C21H24N2O/c1-16-19(21(16)22)12-13-20(24)23(14-17-8-4-2-5-9-17)15-18-10-6-3-7-11-18/h2-11,21H,12-15,22H2,1H3. The fraction of sp³-hybridized carbons (Fsp3) is 0.286. The first-order valence-electron chi connectivity index (χ1n) is 8.46. The fourth-order valence-corrected chi connectivity index (χ4v) is 3.01. The van der Waals surface area contributed by atoms with Crippen LogP contribution in [0.3, 0.4) is 0 Å². The Hall–Kier alpha value is -2.39. The molecule has 0 radical (unpaired) electrons. The predicted octanol–water partition coefficient (Wildman–Crippen LogP) is 3.65. The molecule has 1 aliphatic rings. The lowest BCUT2D eigenvalue weighted by Crippen LogP contribution is -2.30. The average Bonchev–Trinajstić information content (AvgIpc) is 3.19. The Morgan fingerprint density at radius 2 is 1.42 bits per heavy atom. The Kier molecular flexibility index (Phi) is 5.11. The highest BCUT2D eigenvalue weighted by Gasteiger charge is 2.29. The summed E-state index contributed by atoms with van der Waals surface area (Å²) in [5, 5.41) is 0. The number of rotatable bonds is 7. The molecule has 0 saturated carbocycles. The third kappa shape index (κ3) is 4.12. The van der Waals surface area contributed by atoms with E-state index >= 15 is 0 Å². The Morgan fingerprint density at radius 1 is 0.958 bits per heavy atom. The first kappa shape index (κ1) is 16.5. The van der Waals surface area contributed by atoms with E-state index in [2.05, 4.69) is 31.2 Å². The number of carbonyl (C=O) groups excluding carboxylic acids is 1. The number of nitrogens with zero attached hydrogens (tertiary/aromatic N) is 1. The molecule has 2 aromatic rings. The molecule has 0 spiro atoms. The van der Waals surface area contributed by atoms with Gasteiger partial charge in [0, 0.05) is 25.6 Å². The highest BCUT2D eigenvalue weighted by atomic mass is 16.2. The van der Waals surface area contributed by atoms with Crippen molar-refractivity contribution in [2.75, 3.05) is 0 Å². The lowest BCUT2D eigenvalue weighted by atomic mass is 10.1. The second-order valence-corrected chi connectivity index (χ2v) is 6.41. The molecular weight excluding hydrogens is 296 g/mol. The van der Waals surface area contributed by atoms with E-state index in [1.54, 1.807) is 0 Å². The minimum absolute atomic E-state index is 0.120. The Morgan fingerprint density at radius 3 is 1.83 bits per heavy atom. The van der Waals surface area contributed by atoms with Gasteiger partial charge in [0.25, 0.3) is 0 Å². The molecule has 2 N–H and O–H groups in total. The summed E-state index contributed by atoms with van der Waals surface area (Å²) in [6, 6.07) is 20.4. The first-order chi connectivity index (χ1) is 11.6. The van der Waals surface area contributed by atoms with Gasteiger partial charge in [0.1, 0.15) is 0 Å². The quantitative estimate of drug-likeness (QED) is 0.792. The normalized spacial score (nSPS) is 16.2. The molecule has 124 valence electrons. The van der Waals surface area contributed by atoms with Crippen molar-refractivity contribution in [2.45, 2.75) is 38.9 Å². The van der Waals surface area contributed by atoms with Gasteiger partial charge >= 0.3 is 0 Å². The molecule has 0 aromatic heterocycles. The molecule has 0 fully saturated rings. The molecule has 0 heterocycles. The summed E-state index contributed by atoms with van der Waals surface area (Å²) in [7, 11) is 0. The van der Waals surface area contributed by atoms with Crippen molar-refractivity contribution in [1.29, 1.82) is 0 Å². The predicted molar refractivity (Wildman–Crippen MR) is 97.0 cm³/mol. The lowest BCUT2D eigenvalue weighted by Gasteiger charge is -2.23. The van der Waals surface area contributed by atoms with E-state index in [1.165, 1.54) is 11.1 Å². The topological polar surface area (TPSA) is 46.3 Å². The number of hydrogen-bond acceptors (Lipinski definition) is 2. The van der Waals surface area contributed by atoms with Gasteiger partial charge in [-0.2, -0.15) is 0 Å². The Bertz CT molecular complexity index is 681. The smallest absolute Gasteiger partial charge is 0.223 e. The number of carbonyl (C=O) groups is 1. The third-order valence-electron chi connectivity index (χ3n) is 4.66. The maximum atomic E-state index is 12.8. The number of hydrogen-bond donors (Lipinski definition) is 1. The lowest BCUT2D eigenvalue weighted by molar-refractivity contribution is -0.132. The van der Waals surface area contributed by atoms with Crippen LogP contribution in [0.4, 0.5) is 0 Å². The van der Waals surface area contributed by atoms with Gasteiger partial charge < -0.3 is 10.6 Å². The average molecular weight is 320 g/mol. The van der Waals surface area contributed by atoms with Gasteiger partial charge in [0.15, 0.2) is 0 Å². The minimum atomic E-state index is 0.120. The molecule has 0 saturated heterocycles. The molecular formula is C21H24N2O. The van der Waals surface area contributed by atoms with E-state index in [9.17, 15) is 4.79 Å². The highest BCUT2D eigenvalue weighted by molar-refractivity contribution is 5.77. The summed E-state index contributed by atoms with van der Waals surface area (Å²) in [6.45, 7) is 3.33. The van der Waals surface area contributed by atoms with Gasteiger partial charge in [-0.3, -0.25) is 4.79 Å². The summed E-state index contributed by atoms with van der Waals surface area (Å²) in [5.74, 6) is 0.183. The number of benzene rings is 2. The Labute approximate surface area is 143 Å². The summed E-state index contributed by atoms with van der Waals surface area (Å²) in [5.41, 5.74) is 10.7. The first-order valence-corrected chi connectivity index (χ1v) is 8.46. The van der Waals surface area contributed by atoms with Gasteiger partial charge in [-0.25, -0.2) is 0 Å². The van der Waals surface area contributed by atoms with Gasteiger partial charge in [0.2, 0.25) is 5.91 Å². The van der Waals surface area contributed by atoms with E-state index in [1.807, 2.05) is 41.3 Å². The van der Waals surface area contributed by atoms with Crippen molar-refractivity contribution in [1.82, 2.24) is 4.90 Å². The monoisotopic (exact) mass is 320 g/mol. The zero-order valence-electron chi connectivity index (χ0n) is 14.1. The SMILES string of the molecule is CC1=C(CCC(=O)N(Cc2ccccc2)Cc2ccccc2)C1N. The Balaban J connectivity index is 1.67. The van der Waals surface area contributed by atoms with Gasteiger partial charge in [0.05, 0.1) is 0 Å². The van der Waals surface area contributed by atoms with Crippen molar-refractivity contribution < 1.29 is 4.79 Å². The molecule has 0 bridgehead atoms. The zero-order chi connectivity index (χ0) is 16.9. The van der Waals surface area contributed by atoms with Crippen molar-refractivity contribution in [3.63, 3.8) is 0 Å². The van der Waals surface area contributed by atoms with Crippen LogP contribution in [0.5, 0.6) is 0 Å². The van der Waals surface area contributed by atoms with Crippen molar-refractivity contribution in [2.24, 2.45) is 5.73 Å². The molecule has 1 unspecified atom stereocenters. The van der Waals surface area contributed by atoms with Crippen LogP contribution in [0.1, 0.15) is 30.9 Å². The van der Waals surface area contributed by atoms with Crippen LogP contribution in [0.25, 0.3) is 0 Å². The summed E-state index contributed by atoms with van der Waals surface area (Å²) in [6.07, 6.45) is 1.31. The van der Waals surface area contributed by atoms with Crippen molar-refractivity contribution in [3.05, 3.63) is 82.9 Å². The number of amides is 1. The largest absolute Gasteiger partial charge is 0.334 e. The molecule has 3 nitrogen and oxygen atoms in total. The van der Waals surface area contributed by atoms with Crippen LogP contribution in [0.15, 0.2) is 71.8 Å². The van der Waals surface area contributed by atoms with Crippen molar-refractivity contribution >= 4 is 5.91 Å². The molecule has 0 aliphatic heterocycles. The van der Waals surface area contributed by atoms with Gasteiger partial charge in [-0.05, 0) is 30.0 Å². The molecule has 1 atom stereocenters. The molecule has 2 aromatic carbocycles. The van der Waals surface area contributed by atoms with E-state index < -0.39 is 0 Å². The highest BCUT2D eigenvalue weighted by Crippen LogP contribution is 2.32. The van der Waals surface area contributed by atoms with Crippen LogP contribution in [-0.4, -0.2) is 16.8 Å². The van der Waals surface area contributed by atoms with E-state index in [-0.39, 0.29) is 11.9 Å².